The number of carbonyl (C=O) groups excluding carboxylic acids is 1. The Labute approximate surface area is 268 Å². The summed E-state index contributed by atoms with van der Waals surface area (Å²) in [6.07, 6.45) is 32.5. The topological polar surface area (TPSA) is 26.3 Å². The minimum atomic E-state index is 0.0618. The summed E-state index contributed by atoms with van der Waals surface area (Å²) in [5, 5.41) is 0. The maximum Gasteiger partial charge on any atom is 0.306 e. The summed E-state index contributed by atoms with van der Waals surface area (Å²) >= 11 is 0. The first-order chi connectivity index (χ1) is 20.7. The Hall–Kier alpha value is -0.790. The molecule has 0 aromatic heterocycles. The normalized spacial score (nSPS) is 34.3. The van der Waals surface area contributed by atoms with Crippen molar-refractivity contribution in [2.75, 3.05) is 0 Å². The van der Waals surface area contributed by atoms with Crippen molar-refractivity contribution < 1.29 is 9.53 Å². The van der Waals surface area contributed by atoms with Crippen LogP contribution in [0.25, 0.3) is 0 Å². The van der Waals surface area contributed by atoms with Crippen molar-refractivity contribution in [2.45, 2.75) is 195 Å². The van der Waals surface area contributed by atoms with E-state index in [1.165, 1.54) is 122 Å². The highest BCUT2D eigenvalue weighted by Gasteiger charge is 2.59. The van der Waals surface area contributed by atoms with Gasteiger partial charge in [0.2, 0.25) is 0 Å². The molecule has 0 amide bonds. The van der Waals surface area contributed by atoms with Crippen LogP contribution < -0.4 is 0 Å². The molecule has 0 bridgehead atoms. The minimum Gasteiger partial charge on any atom is -0.462 e. The molecule has 0 radical (unpaired) electrons. The lowest BCUT2D eigenvalue weighted by atomic mass is 9.47. The molecule has 2 nitrogen and oxygen atoms in total. The van der Waals surface area contributed by atoms with E-state index in [-0.39, 0.29) is 12.1 Å². The number of carbonyl (C=O) groups is 1. The third-order valence-electron chi connectivity index (χ3n) is 13.5. The fourth-order valence-corrected chi connectivity index (χ4v) is 10.9. The Bertz CT molecular complexity index is 873. The third-order valence-corrected chi connectivity index (χ3v) is 13.5. The summed E-state index contributed by atoms with van der Waals surface area (Å²) in [6, 6.07) is 0. The van der Waals surface area contributed by atoms with Crippen LogP contribution in [0.5, 0.6) is 0 Å². The predicted molar refractivity (Wildman–Crippen MR) is 184 cm³/mol. The van der Waals surface area contributed by atoms with Crippen LogP contribution in [0.15, 0.2) is 11.6 Å². The van der Waals surface area contributed by atoms with Gasteiger partial charge in [0.1, 0.15) is 6.10 Å². The number of hydrogen-bond donors (Lipinski definition) is 0. The van der Waals surface area contributed by atoms with E-state index in [0.29, 0.717) is 17.3 Å². The van der Waals surface area contributed by atoms with Crippen LogP contribution in [0, 0.1) is 46.3 Å². The second-order valence-electron chi connectivity index (χ2n) is 16.9. The number of rotatable bonds is 18. The molecule has 2 heteroatoms. The molecule has 4 aliphatic carbocycles. The molecule has 8 atom stereocenters. The van der Waals surface area contributed by atoms with Crippen molar-refractivity contribution in [3.05, 3.63) is 11.6 Å². The molecule has 0 N–H and O–H groups in total. The molecule has 4 aliphatic rings. The summed E-state index contributed by atoms with van der Waals surface area (Å²) in [5.74, 6) is 5.34. The smallest absolute Gasteiger partial charge is 0.306 e. The predicted octanol–water partition coefficient (Wildman–Crippen LogP) is 12.6. The number of hydrogen-bond acceptors (Lipinski definition) is 2. The molecule has 4 rings (SSSR count). The highest BCUT2D eigenvalue weighted by atomic mass is 16.5. The van der Waals surface area contributed by atoms with Crippen LogP contribution >= 0.6 is 0 Å². The largest absolute Gasteiger partial charge is 0.462 e. The molecule has 0 heterocycles. The van der Waals surface area contributed by atoms with Crippen molar-refractivity contribution in [2.24, 2.45) is 46.3 Å². The lowest BCUT2D eigenvalue weighted by Crippen LogP contribution is -2.51. The zero-order valence-electron chi connectivity index (χ0n) is 29.7. The van der Waals surface area contributed by atoms with Crippen LogP contribution in [0.1, 0.15) is 189 Å². The Balaban J connectivity index is 1.19. The van der Waals surface area contributed by atoms with Gasteiger partial charge in [-0.3, -0.25) is 4.79 Å². The van der Waals surface area contributed by atoms with Gasteiger partial charge in [-0.15, -0.1) is 0 Å². The third kappa shape index (κ3) is 8.93. The van der Waals surface area contributed by atoms with Gasteiger partial charge in [-0.1, -0.05) is 137 Å². The van der Waals surface area contributed by atoms with Gasteiger partial charge in [0, 0.05) is 12.8 Å². The molecule has 43 heavy (non-hydrogen) atoms. The van der Waals surface area contributed by atoms with E-state index < -0.39 is 0 Å². The Morgan fingerprint density at radius 2 is 1.49 bits per heavy atom. The first-order valence-electron chi connectivity index (χ1n) is 19.6. The second-order valence-corrected chi connectivity index (χ2v) is 16.9. The van der Waals surface area contributed by atoms with Crippen molar-refractivity contribution >= 4 is 5.97 Å². The van der Waals surface area contributed by atoms with Crippen molar-refractivity contribution in [1.82, 2.24) is 0 Å². The monoisotopic (exact) mass is 597 g/mol. The summed E-state index contributed by atoms with van der Waals surface area (Å²) in [6.45, 7) is 14.9. The first-order valence-corrected chi connectivity index (χ1v) is 19.6. The van der Waals surface area contributed by atoms with Gasteiger partial charge in [0.05, 0.1) is 0 Å². The van der Waals surface area contributed by atoms with Gasteiger partial charge < -0.3 is 4.74 Å². The molecular weight excluding hydrogens is 524 g/mol. The van der Waals surface area contributed by atoms with Gasteiger partial charge in [0.15, 0.2) is 0 Å². The molecule has 0 spiro atoms. The highest BCUT2D eigenvalue weighted by Crippen LogP contribution is 2.67. The fraction of sp³-hybridized carbons (Fsp3) is 0.927. The number of allylic oxidation sites excluding steroid dienone is 1. The maximum absolute atomic E-state index is 12.7. The van der Waals surface area contributed by atoms with Gasteiger partial charge in [-0.05, 0) is 97.7 Å². The standard InChI is InChI=1S/C41H72O2/c1-7-8-9-10-11-12-13-14-15-16-17-21-39(42)43-34-26-28-40(5)33(30-34)22-23-35-37-25-24-36(32(4)20-18-19-31(2)3)41(37,6)29-27-38(35)40/h22,31-32,34-38H,7-21,23-30H2,1-6H3/t32-,34?,35?,36-,37?,38?,40+,41-/m1/s1. The zero-order valence-corrected chi connectivity index (χ0v) is 29.7. The van der Waals surface area contributed by atoms with Crippen LogP contribution in [0.2, 0.25) is 0 Å². The van der Waals surface area contributed by atoms with E-state index in [9.17, 15) is 4.79 Å². The van der Waals surface area contributed by atoms with Crippen molar-refractivity contribution in [3.8, 4) is 0 Å². The van der Waals surface area contributed by atoms with Gasteiger partial charge in [0.25, 0.3) is 0 Å². The van der Waals surface area contributed by atoms with Gasteiger partial charge >= 0.3 is 5.97 Å². The fourth-order valence-electron chi connectivity index (χ4n) is 10.9. The molecular formula is C41H72O2. The summed E-state index contributed by atoms with van der Waals surface area (Å²) in [4.78, 5) is 12.7. The Morgan fingerprint density at radius 1 is 0.814 bits per heavy atom. The molecule has 248 valence electrons. The summed E-state index contributed by atoms with van der Waals surface area (Å²) in [5.41, 5.74) is 2.54. The maximum atomic E-state index is 12.7. The van der Waals surface area contributed by atoms with Crippen LogP contribution in [0.3, 0.4) is 0 Å². The average Bonchev–Trinajstić information content (AvgIpc) is 3.33. The van der Waals surface area contributed by atoms with Crippen LogP contribution in [-0.4, -0.2) is 12.1 Å². The van der Waals surface area contributed by atoms with E-state index in [4.69, 9.17) is 4.74 Å². The quantitative estimate of drug-likeness (QED) is 0.0893. The molecule has 3 saturated carbocycles. The first kappa shape index (κ1) is 35.1. The summed E-state index contributed by atoms with van der Waals surface area (Å²) in [7, 11) is 0. The van der Waals surface area contributed by atoms with E-state index in [0.717, 1.165) is 54.8 Å². The number of fused-ring (bicyclic) bond motifs is 5. The minimum absolute atomic E-state index is 0.0618. The average molecular weight is 597 g/mol. The van der Waals surface area contributed by atoms with E-state index in [2.05, 4.69) is 47.6 Å². The SMILES string of the molecule is CCCCCCCCCCCCCC(=O)OC1CC[C@@]2(C)C(=CCC3C2CC[C@@]2(C)C3CC[C@@H]2[C@H](C)CCCC(C)C)C1. The molecule has 0 aromatic carbocycles. The Kier molecular flexibility index (Phi) is 13.6. The summed E-state index contributed by atoms with van der Waals surface area (Å²) < 4.78 is 6.11. The number of unbranched alkanes of at least 4 members (excludes halogenated alkanes) is 10. The van der Waals surface area contributed by atoms with E-state index >= 15 is 0 Å². The lowest BCUT2D eigenvalue weighted by Gasteiger charge is -2.58. The number of esters is 1. The van der Waals surface area contributed by atoms with Crippen molar-refractivity contribution in [3.63, 3.8) is 0 Å². The number of ether oxygens (including phenoxy) is 1. The molecule has 3 fully saturated rings. The highest BCUT2D eigenvalue weighted by molar-refractivity contribution is 5.69. The van der Waals surface area contributed by atoms with E-state index in [1.807, 2.05) is 0 Å². The Morgan fingerprint density at radius 3 is 2.16 bits per heavy atom. The molecule has 0 aliphatic heterocycles. The van der Waals surface area contributed by atoms with E-state index in [1.54, 1.807) is 5.57 Å². The van der Waals surface area contributed by atoms with Gasteiger partial charge in [-0.25, -0.2) is 0 Å². The lowest BCUT2D eigenvalue weighted by molar-refractivity contribution is -0.151. The van der Waals surface area contributed by atoms with Crippen LogP contribution in [-0.2, 0) is 9.53 Å². The molecule has 0 saturated heterocycles. The van der Waals surface area contributed by atoms with Gasteiger partial charge in [-0.2, -0.15) is 0 Å². The van der Waals surface area contributed by atoms with Crippen molar-refractivity contribution in [1.29, 1.82) is 0 Å². The molecule has 0 aromatic rings. The van der Waals surface area contributed by atoms with Crippen LogP contribution in [0.4, 0.5) is 0 Å². The second kappa shape index (κ2) is 16.7. The zero-order chi connectivity index (χ0) is 30.9. The molecule has 4 unspecified atom stereocenters.